The first-order valence-corrected chi connectivity index (χ1v) is 8.90. The lowest BCUT2D eigenvalue weighted by molar-refractivity contribution is -0.131. The van der Waals surface area contributed by atoms with Crippen molar-refractivity contribution in [3.8, 4) is 0 Å². The van der Waals surface area contributed by atoms with Crippen molar-refractivity contribution in [1.29, 1.82) is 0 Å². The number of H-pyrrole nitrogens is 1. The molecule has 0 spiro atoms. The van der Waals surface area contributed by atoms with Gasteiger partial charge in [-0.2, -0.15) is 5.10 Å². The zero-order valence-electron chi connectivity index (χ0n) is 13.9. The van der Waals surface area contributed by atoms with Crippen LogP contribution in [0.25, 0.3) is 0 Å². The highest BCUT2D eigenvalue weighted by Gasteiger charge is 2.48. The van der Waals surface area contributed by atoms with Crippen molar-refractivity contribution in [2.45, 2.75) is 31.7 Å². The number of nitrogens with zero attached hydrogens (tertiary/aromatic N) is 2. The maximum Gasteiger partial charge on any atom is 0.272 e. The van der Waals surface area contributed by atoms with Crippen LogP contribution >= 0.6 is 0 Å². The van der Waals surface area contributed by atoms with Crippen molar-refractivity contribution in [2.24, 2.45) is 5.92 Å². The van der Waals surface area contributed by atoms with Gasteiger partial charge in [0.05, 0.1) is 6.54 Å². The highest BCUT2D eigenvalue weighted by atomic mass is 16.2. The molecule has 5 rings (SSSR count). The Kier molecular flexibility index (Phi) is 3.20. The summed E-state index contributed by atoms with van der Waals surface area (Å²) < 4.78 is 0. The molecule has 2 N–H and O–H groups in total. The maximum atomic E-state index is 12.5. The van der Waals surface area contributed by atoms with E-state index in [1.165, 1.54) is 17.5 Å². The molecule has 0 bridgehead atoms. The number of hydrogen-bond donors (Lipinski definition) is 2. The summed E-state index contributed by atoms with van der Waals surface area (Å²) in [6, 6.07) is 8.20. The van der Waals surface area contributed by atoms with Crippen LogP contribution in [0.5, 0.6) is 0 Å². The van der Waals surface area contributed by atoms with Crippen LogP contribution in [-0.2, 0) is 24.2 Å². The summed E-state index contributed by atoms with van der Waals surface area (Å²) in [5.41, 5.74) is 5.16. The minimum absolute atomic E-state index is 0.0233. The van der Waals surface area contributed by atoms with Gasteiger partial charge in [-0.15, -0.1) is 0 Å². The fourth-order valence-electron chi connectivity index (χ4n) is 4.23. The fraction of sp³-hybridized carbons (Fsp3) is 0.421. The standard InChI is InChI=1S/C19H20N4O2/c24-16(23-6-5-11-3-1-2-4-12(11)10-23)9-20-19(25)18-15-8-13-7-14(13)17(15)21-22-18/h1-4,13-14H,5-10H2,(H,20,25)(H,21,22)/t13-,14-/m1/s1. The number of aromatic nitrogens is 2. The van der Waals surface area contributed by atoms with E-state index < -0.39 is 0 Å². The van der Waals surface area contributed by atoms with E-state index in [1.807, 2.05) is 17.0 Å². The number of amides is 2. The second kappa shape index (κ2) is 5.44. The molecule has 1 aliphatic heterocycles. The molecular weight excluding hydrogens is 316 g/mol. The third kappa shape index (κ3) is 2.44. The topological polar surface area (TPSA) is 78.1 Å². The molecule has 0 saturated heterocycles. The van der Waals surface area contributed by atoms with Gasteiger partial charge < -0.3 is 10.2 Å². The highest BCUT2D eigenvalue weighted by molar-refractivity contribution is 5.96. The van der Waals surface area contributed by atoms with Gasteiger partial charge in [0.25, 0.3) is 5.91 Å². The normalized spacial score (nSPS) is 22.8. The lowest BCUT2D eigenvalue weighted by Crippen LogP contribution is -2.42. The second-order valence-electron chi connectivity index (χ2n) is 7.29. The molecule has 1 aromatic heterocycles. The average Bonchev–Trinajstić information content (AvgIpc) is 3.12. The molecule has 25 heavy (non-hydrogen) atoms. The van der Waals surface area contributed by atoms with Gasteiger partial charge in [-0.3, -0.25) is 14.7 Å². The summed E-state index contributed by atoms with van der Waals surface area (Å²) in [5.74, 6) is 0.993. The predicted octanol–water partition coefficient (Wildman–Crippen LogP) is 1.38. The quantitative estimate of drug-likeness (QED) is 0.889. The van der Waals surface area contributed by atoms with Gasteiger partial charge in [0.1, 0.15) is 0 Å². The SMILES string of the molecule is O=C(NCC(=O)N1CCc2ccccc2C1)c1n[nH]c2c1C[C@H]1C[C@@H]21. The van der Waals surface area contributed by atoms with E-state index in [0.29, 0.717) is 30.6 Å². The van der Waals surface area contributed by atoms with E-state index in [0.717, 1.165) is 24.1 Å². The van der Waals surface area contributed by atoms with Gasteiger partial charge >= 0.3 is 0 Å². The maximum absolute atomic E-state index is 12.5. The molecule has 128 valence electrons. The van der Waals surface area contributed by atoms with Crippen LogP contribution in [-0.4, -0.2) is 40.0 Å². The second-order valence-corrected chi connectivity index (χ2v) is 7.29. The van der Waals surface area contributed by atoms with Crippen LogP contribution in [0.4, 0.5) is 0 Å². The minimum atomic E-state index is -0.246. The van der Waals surface area contributed by atoms with E-state index in [2.05, 4.69) is 27.6 Å². The van der Waals surface area contributed by atoms with Crippen LogP contribution in [0.1, 0.15) is 45.2 Å². The Morgan fingerprint density at radius 1 is 1.28 bits per heavy atom. The van der Waals surface area contributed by atoms with Gasteiger partial charge in [-0.1, -0.05) is 24.3 Å². The van der Waals surface area contributed by atoms with E-state index in [4.69, 9.17) is 0 Å². The zero-order chi connectivity index (χ0) is 17.0. The largest absolute Gasteiger partial charge is 0.342 e. The van der Waals surface area contributed by atoms with Crippen molar-refractivity contribution < 1.29 is 9.59 Å². The molecule has 2 aromatic rings. The lowest BCUT2D eigenvalue weighted by atomic mass is 10.00. The van der Waals surface area contributed by atoms with E-state index >= 15 is 0 Å². The number of carbonyl (C=O) groups excluding carboxylic acids is 2. The molecule has 6 nitrogen and oxygen atoms in total. The molecule has 2 atom stereocenters. The fourth-order valence-corrected chi connectivity index (χ4v) is 4.23. The van der Waals surface area contributed by atoms with Crippen LogP contribution < -0.4 is 5.32 Å². The predicted molar refractivity (Wildman–Crippen MR) is 91.0 cm³/mol. The number of nitrogens with one attached hydrogen (secondary N) is 2. The zero-order valence-corrected chi connectivity index (χ0v) is 13.9. The molecule has 0 unspecified atom stereocenters. The van der Waals surface area contributed by atoms with Gasteiger partial charge in [0, 0.05) is 30.3 Å². The van der Waals surface area contributed by atoms with E-state index in [9.17, 15) is 9.59 Å². The van der Waals surface area contributed by atoms with Gasteiger partial charge in [0.15, 0.2) is 5.69 Å². The van der Waals surface area contributed by atoms with Crippen LogP contribution in [0.2, 0.25) is 0 Å². The molecule has 3 aliphatic rings. The highest BCUT2D eigenvalue weighted by Crippen LogP contribution is 2.55. The number of rotatable bonds is 3. The monoisotopic (exact) mass is 336 g/mol. The molecule has 1 aromatic carbocycles. The summed E-state index contributed by atoms with van der Waals surface area (Å²) in [6.45, 7) is 1.34. The first-order valence-electron chi connectivity index (χ1n) is 8.90. The molecule has 0 radical (unpaired) electrons. The number of carbonyl (C=O) groups is 2. The Balaban J connectivity index is 1.21. The Hall–Kier alpha value is -2.63. The first-order chi connectivity index (χ1) is 12.2. The first kappa shape index (κ1) is 14.7. The summed E-state index contributed by atoms with van der Waals surface area (Å²) >= 11 is 0. The van der Waals surface area contributed by atoms with Crippen molar-refractivity contribution in [3.63, 3.8) is 0 Å². The van der Waals surface area contributed by atoms with Gasteiger partial charge in [-0.25, -0.2) is 0 Å². The summed E-state index contributed by atoms with van der Waals surface area (Å²) in [7, 11) is 0. The van der Waals surface area contributed by atoms with Crippen LogP contribution in [0.3, 0.4) is 0 Å². The van der Waals surface area contributed by atoms with Gasteiger partial charge in [-0.05, 0) is 36.3 Å². The minimum Gasteiger partial charge on any atom is -0.342 e. The lowest BCUT2D eigenvalue weighted by Gasteiger charge is -2.28. The molecule has 2 heterocycles. The number of aromatic amines is 1. The number of benzene rings is 1. The third-order valence-electron chi connectivity index (χ3n) is 5.76. The van der Waals surface area contributed by atoms with Crippen molar-refractivity contribution in [3.05, 3.63) is 52.3 Å². The average molecular weight is 336 g/mol. The summed E-state index contributed by atoms with van der Waals surface area (Å²) in [6.07, 6.45) is 3.02. The van der Waals surface area contributed by atoms with Gasteiger partial charge in [0.2, 0.25) is 5.91 Å². The Morgan fingerprint density at radius 3 is 3.00 bits per heavy atom. The Labute approximate surface area is 145 Å². The molecule has 2 aliphatic carbocycles. The Morgan fingerprint density at radius 2 is 2.12 bits per heavy atom. The van der Waals surface area contributed by atoms with Crippen molar-refractivity contribution >= 4 is 11.8 Å². The van der Waals surface area contributed by atoms with Crippen LogP contribution in [0.15, 0.2) is 24.3 Å². The van der Waals surface area contributed by atoms with E-state index in [1.54, 1.807) is 0 Å². The van der Waals surface area contributed by atoms with Crippen LogP contribution in [0, 0.1) is 5.92 Å². The summed E-state index contributed by atoms with van der Waals surface area (Å²) in [4.78, 5) is 26.7. The number of hydrogen-bond acceptors (Lipinski definition) is 3. The van der Waals surface area contributed by atoms with Crippen molar-refractivity contribution in [1.82, 2.24) is 20.4 Å². The molecule has 1 fully saturated rings. The van der Waals surface area contributed by atoms with Crippen molar-refractivity contribution in [2.75, 3.05) is 13.1 Å². The third-order valence-corrected chi connectivity index (χ3v) is 5.76. The smallest absolute Gasteiger partial charge is 0.272 e. The number of fused-ring (bicyclic) bond motifs is 4. The molecule has 1 saturated carbocycles. The molecular formula is C19H20N4O2. The molecule has 2 amide bonds. The molecule has 6 heteroatoms. The van der Waals surface area contributed by atoms with E-state index in [-0.39, 0.29) is 18.4 Å². The summed E-state index contributed by atoms with van der Waals surface area (Å²) in [5, 5.41) is 9.94. The Bertz CT molecular complexity index is 872.